The molecule has 0 spiro atoms. The SMILES string of the molecule is [2H]c1c([2H])c([2H])c(-c2cc(-c3c([2H])c([2H])c([2H])c([2H])c3[2H])c(N3CN(c4cccc(Cc5ccc6c7ccccc7n(-c7cc(C(C)(C)c8ccccc8)ccn7)c6c5)c4)c4ccccc43)c(-c3c([2H])c([2H])c([2H])c([2H])c3[2H])c2)c([2H])c1[2H]. The standard InChI is InChI=1S/C64H50N4/c1-64(2,51-27-13-6-14-28-51)52-36-37-65-62(43-52)68-58-31-16-15-30-54(58)55-35-34-46(40-61(55)68)38-45-20-19-29-53(39-45)66-44-67(60-33-18-17-32-59(60)66)63-56(48-23-9-4-10-24-48)41-50(47-21-7-3-8-22-47)42-57(63)49-25-11-5-12-26-49/h3-37,39-43H,38,44H2,1-2H3/i3D,4D,5D,7D,8D,9D,10D,11D,12D,21D,22D,23D,24D,25D,26D. The summed E-state index contributed by atoms with van der Waals surface area (Å²) in [6, 6.07) is 37.8. The van der Waals surface area contributed by atoms with Crippen molar-refractivity contribution in [2.75, 3.05) is 16.5 Å². The first kappa shape index (κ1) is 27.9. The second kappa shape index (κ2) is 17.1. The van der Waals surface area contributed by atoms with Crippen LogP contribution in [0.3, 0.4) is 0 Å². The number of para-hydroxylation sites is 3. The minimum absolute atomic E-state index is 0.0205. The molecular formula is C64H50N4. The van der Waals surface area contributed by atoms with Gasteiger partial charge in [-0.15, -0.1) is 0 Å². The molecule has 0 radical (unpaired) electrons. The Morgan fingerprint density at radius 2 is 1.09 bits per heavy atom. The molecule has 1 aliphatic rings. The Hall–Kier alpha value is -8.47. The van der Waals surface area contributed by atoms with Gasteiger partial charge in [-0.3, -0.25) is 4.57 Å². The van der Waals surface area contributed by atoms with Gasteiger partial charge in [-0.05, 0) is 112 Å². The number of nitrogens with zero attached hydrogens (tertiary/aromatic N) is 4. The van der Waals surface area contributed by atoms with E-state index in [0.29, 0.717) is 17.8 Å². The maximum absolute atomic E-state index is 9.35. The number of hydrogen-bond acceptors (Lipinski definition) is 3. The van der Waals surface area contributed by atoms with E-state index in [-0.39, 0.29) is 51.2 Å². The highest BCUT2D eigenvalue weighted by atomic mass is 15.4. The van der Waals surface area contributed by atoms with E-state index >= 15 is 0 Å². The Morgan fingerprint density at radius 3 is 1.79 bits per heavy atom. The summed E-state index contributed by atoms with van der Waals surface area (Å²) in [7, 11) is 0. The van der Waals surface area contributed by atoms with Crippen LogP contribution < -0.4 is 9.80 Å². The normalized spacial score (nSPS) is 15.6. The molecule has 68 heavy (non-hydrogen) atoms. The molecule has 0 amide bonds. The van der Waals surface area contributed by atoms with Crippen molar-refractivity contribution in [1.82, 2.24) is 9.55 Å². The fourth-order valence-corrected chi connectivity index (χ4v) is 9.63. The zero-order valence-electron chi connectivity index (χ0n) is 52.1. The highest BCUT2D eigenvalue weighted by Crippen LogP contribution is 2.51. The van der Waals surface area contributed by atoms with E-state index < -0.39 is 90.6 Å². The average molecular weight is 890 g/mol. The Balaban J connectivity index is 1.02. The molecule has 1 aliphatic heterocycles. The Labute approximate surface area is 419 Å². The molecule has 11 aromatic rings. The van der Waals surface area contributed by atoms with Gasteiger partial charge in [0.15, 0.2) is 0 Å². The summed E-state index contributed by atoms with van der Waals surface area (Å²) in [5.74, 6) is 0.794. The average Bonchev–Trinajstić information content (AvgIpc) is 3.46. The number of pyridine rings is 1. The maximum atomic E-state index is 9.35. The summed E-state index contributed by atoms with van der Waals surface area (Å²) in [5.41, 5.74) is 6.80. The Morgan fingerprint density at radius 1 is 0.485 bits per heavy atom. The number of benzene rings is 9. The molecular weight excluding hydrogens is 825 g/mol. The van der Waals surface area contributed by atoms with Crippen LogP contribution in [0.15, 0.2) is 242 Å². The van der Waals surface area contributed by atoms with Crippen LogP contribution in [0.1, 0.15) is 56.7 Å². The van der Waals surface area contributed by atoms with E-state index in [1.54, 1.807) is 11.0 Å². The Bertz CT molecular complexity index is 4340. The smallest absolute Gasteiger partial charge is 0.137 e. The summed E-state index contributed by atoms with van der Waals surface area (Å²) in [4.78, 5) is 8.77. The second-order valence-corrected chi connectivity index (χ2v) is 17.4. The number of hydrogen-bond donors (Lipinski definition) is 0. The van der Waals surface area contributed by atoms with Crippen molar-refractivity contribution in [2.45, 2.75) is 25.7 Å². The van der Waals surface area contributed by atoms with Crippen LogP contribution in [-0.2, 0) is 11.8 Å². The summed E-state index contributed by atoms with van der Waals surface area (Å²) >= 11 is 0. The third kappa shape index (κ3) is 7.32. The van der Waals surface area contributed by atoms with Gasteiger partial charge in [0.1, 0.15) is 12.5 Å². The largest absolute Gasteiger partial charge is 0.321 e. The lowest BCUT2D eigenvalue weighted by Crippen LogP contribution is -2.25. The van der Waals surface area contributed by atoms with Crippen LogP contribution in [0.2, 0.25) is 0 Å². The van der Waals surface area contributed by atoms with E-state index in [0.717, 1.165) is 50.0 Å². The molecule has 0 saturated heterocycles. The Kier molecular flexibility index (Phi) is 7.00. The lowest BCUT2D eigenvalue weighted by molar-refractivity contribution is 0.639. The lowest BCUT2D eigenvalue weighted by Gasteiger charge is -2.28. The third-order valence-corrected chi connectivity index (χ3v) is 13.0. The zero-order chi connectivity index (χ0) is 58.7. The predicted octanol–water partition coefficient (Wildman–Crippen LogP) is 16.3. The van der Waals surface area contributed by atoms with Gasteiger partial charge >= 0.3 is 0 Å². The second-order valence-electron chi connectivity index (χ2n) is 17.4. The third-order valence-electron chi connectivity index (χ3n) is 13.0. The van der Waals surface area contributed by atoms with Gasteiger partial charge in [-0.25, -0.2) is 4.98 Å². The molecule has 0 saturated carbocycles. The highest BCUT2D eigenvalue weighted by molar-refractivity contribution is 6.09. The van der Waals surface area contributed by atoms with Gasteiger partial charge in [0.05, 0.1) is 48.7 Å². The van der Waals surface area contributed by atoms with Crippen LogP contribution in [0, 0.1) is 0 Å². The number of aromatic nitrogens is 2. The van der Waals surface area contributed by atoms with Crippen LogP contribution in [0.4, 0.5) is 22.7 Å². The van der Waals surface area contributed by atoms with Gasteiger partial charge in [-0.2, -0.15) is 0 Å². The molecule has 9 aromatic carbocycles. The lowest BCUT2D eigenvalue weighted by atomic mass is 9.78. The summed E-state index contributed by atoms with van der Waals surface area (Å²) in [6.07, 6.45) is 2.40. The first-order chi connectivity index (χ1) is 39.7. The molecule has 4 heteroatoms. The minimum Gasteiger partial charge on any atom is -0.321 e. The van der Waals surface area contributed by atoms with Crippen LogP contribution >= 0.6 is 0 Å². The van der Waals surface area contributed by atoms with E-state index in [1.165, 1.54) is 17.7 Å². The first-order valence-corrected chi connectivity index (χ1v) is 22.4. The molecule has 0 aliphatic carbocycles. The fourth-order valence-electron chi connectivity index (χ4n) is 9.63. The zero-order valence-corrected chi connectivity index (χ0v) is 37.1. The summed E-state index contributed by atoms with van der Waals surface area (Å²) in [6.45, 7) is 4.41. The van der Waals surface area contributed by atoms with Crippen LogP contribution in [0.5, 0.6) is 0 Å². The maximum Gasteiger partial charge on any atom is 0.137 e. The highest BCUT2D eigenvalue weighted by Gasteiger charge is 2.32. The van der Waals surface area contributed by atoms with E-state index in [1.807, 2.05) is 65.7 Å². The summed E-state index contributed by atoms with van der Waals surface area (Å²) in [5, 5.41) is 2.17. The quantitative estimate of drug-likeness (QED) is 0.137. The van der Waals surface area contributed by atoms with Crippen molar-refractivity contribution in [1.29, 1.82) is 0 Å². The van der Waals surface area contributed by atoms with E-state index in [2.05, 4.69) is 91.2 Å². The van der Waals surface area contributed by atoms with Crippen molar-refractivity contribution in [2.24, 2.45) is 0 Å². The molecule has 12 rings (SSSR count). The summed E-state index contributed by atoms with van der Waals surface area (Å²) < 4.78 is 136. The molecule has 2 aromatic heterocycles. The van der Waals surface area contributed by atoms with Gasteiger partial charge in [0.2, 0.25) is 0 Å². The fraction of sp³-hybridized carbons (Fsp3) is 0.0781. The van der Waals surface area contributed by atoms with Crippen LogP contribution in [-0.4, -0.2) is 16.2 Å². The molecule has 326 valence electrons. The molecule has 0 N–H and O–H groups in total. The van der Waals surface area contributed by atoms with Gasteiger partial charge < -0.3 is 9.80 Å². The van der Waals surface area contributed by atoms with Crippen molar-refractivity contribution in [3.63, 3.8) is 0 Å². The number of fused-ring (bicyclic) bond motifs is 4. The van der Waals surface area contributed by atoms with Crippen molar-refractivity contribution < 1.29 is 20.6 Å². The molecule has 3 heterocycles. The molecule has 4 nitrogen and oxygen atoms in total. The molecule has 0 bridgehead atoms. The first-order valence-electron chi connectivity index (χ1n) is 29.9. The van der Waals surface area contributed by atoms with Crippen molar-refractivity contribution >= 4 is 44.6 Å². The number of anilines is 4. The van der Waals surface area contributed by atoms with E-state index in [9.17, 15) is 5.48 Å². The molecule has 0 fully saturated rings. The van der Waals surface area contributed by atoms with Gasteiger partial charge in [0, 0.05) is 39.2 Å². The van der Waals surface area contributed by atoms with Gasteiger partial charge in [-0.1, -0.05) is 189 Å². The van der Waals surface area contributed by atoms with Crippen molar-refractivity contribution in [3.05, 3.63) is 265 Å². The van der Waals surface area contributed by atoms with Crippen LogP contribution in [0.25, 0.3) is 61.0 Å². The molecule has 0 atom stereocenters. The number of rotatable bonds is 10. The monoisotopic (exact) mass is 889 g/mol. The van der Waals surface area contributed by atoms with E-state index in [4.69, 9.17) is 20.1 Å². The van der Waals surface area contributed by atoms with Crippen molar-refractivity contribution in [3.8, 4) is 39.2 Å². The topological polar surface area (TPSA) is 24.3 Å². The predicted molar refractivity (Wildman–Crippen MR) is 285 cm³/mol. The van der Waals surface area contributed by atoms with Gasteiger partial charge in [0.25, 0.3) is 0 Å². The molecule has 0 unspecified atom stereocenters. The minimum atomic E-state index is -0.681.